The number of aromatic nitrogens is 4. The number of halogens is 3. The third kappa shape index (κ3) is 2.55. The molecule has 0 aliphatic heterocycles. The summed E-state index contributed by atoms with van der Waals surface area (Å²) in [5.74, 6) is -0.547. The summed E-state index contributed by atoms with van der Waals surface area (Å²) in [5.41, 5.74) is 0.716. The minimum atomic E-state index is -4.60. The van der Waals surface area contributed by atoms with Crippen LogP contribution in [0.15, 0.2) is 24.3 Å². The summed E-state index contributed by atoms with van der Waals surface area (Å²) >= 11 is 0. The monoisotopic (exact) mass is 336 g/mol. The number of rotatable bonds is 3. The van der Waals surface area contributed by atoms with Gasteiger partial charge in [0.2, 0.25) is 11.5 Å². The van der Waals surface area contributed by atoms with E-state index in [0.29, 0.717) is 23.6 Å². The van der Waals surface area contributed by atoms with E-state index in [4.69, 9.17) is 4.74 Å². The Morgan fingerprint density at radius 3 is 2.62 bits per heavy atom. The molecule has 0 unspecified atom stereocenters. The van der Waals surface area contributed by atoms with Gasteiger partial charge in [0.15, 0.2) is 0 Å². The number of fused-ring (bicyclic) bond motifs is 3. The molecule has 1 fully saturated rings. The molecule has 24 heavy (non-hydrogen) atoms. The second-order valence-corrected chi connectivity index (χ2v) is 6.05. The lowest BCUT2D eigenvalue weighted by molar-refractivity contribution is -0.145. The zero-order valence-corrected chi connectivity index (χ0v) is 12.8. The molecular weight excluding hydrogens is 321 g/mol. The van der Waals surface area contributed by atoms with Gasteiger partial charge in [-0.2, -0.15) is 13.2 Å². The third-order valence-electron chi connectivity index (χ3n) is 4.38. The van der Waals surface area contributed by atoms with Crippen LogP contribution in [-0.4, -0.2) is 26.2 Å². The minimum absolute atomic E-state index is 0.000906. The van der Waals surface area contributed by atoms with E-state index >= 15 is 0 Å². The van der Waals surface area contributed by atoms with Crippen molar-refractivity contribution in [3.63, 3.8) is 0 Å². The number of ether oxygens (including phenoxy) is 1. The molecule has 2 aromatic heterocycles. The van der Waals surface area contributed by atoms with Crippen LogP contribution in [-0.2, 0) is 6.18 Å². The predicted octanol–water partition coefficient (Wildman–Crippen LogP) is 3.87. The van der Waals surface area contributed by atoms with E-state index in [0.717, 1.165) is 30.1 Å². The van der Waals surface area contributed by atoms with Crippen LogP contribution in [0.5, 0.6) is 5.88 Å². The maximum Gasteiger partial charge on any atom is 0.452 e. The van der Waals surface area contributed by atoms with E-state index in [9.17, 15) is 13.2 Å². The Kier molecular flexibility index (Phi) is 3.54. The van der Waals surface area contributed by atoms with Crippen molar-refractivity contribution in [1.29, 1.82) is 0 Å². The van der Waals surface area contributed by atoms with Crippen molar-refractivity contribution in [2.24, 2.45) is 5.92 Å². The molecule has 0 bridgehead atoms. The van der Waals surface area contributed by atoms with Crippen molar-refractivity contribution in [1.82, 2.24) is 19.6 Å². The van der Waals surface area contributed by atoms with Crippen LogP contribution in [0, 0.1) is 5.92 Å². The largest absolute Gasteiger partial charge is 0.475 e. The first-order valence-corrected chi connectivity index (χ1v) is 7.88. The van der Waals surface area contributed by atoms with E-state index in [1.165, 1.54) is 0 Å². The van der Waals surface area contributed by atoms with Crippen LogP contribution in [0.25, 0.3) is 16.7 Å². The van der Waals surface area contributed by atoms with Crippen LogP contribution < -0.4 is 4.74 Å². The first-order valence-electron chi connectivity index (χ1n) is 7.88. The van der Waals surface area contributed by atoms with Gasteiger partial charge in [-0.15, -0.1) is 10.2 Å². The molecular formula is C16H15F3N4O. The Hall–Kier alpha value is -2.38. The lowest BCUT2D eigenvalue weighted by Crippen LogP contribution is -2.13. The Morgan fingerprint density at radius 1 is 1.12 bits per heavy atom. The Morgan fingerprint density at radius 2 is 1.88 bits per heavy atom. The van der Waals surface area contributed by atoms with Crippen LogP contribution in [0.1, 0.15) is 31.5 Å². The fourth-order valence-corrected chi connectivity index (χ4v) is 3.21. The van der Waals surface area contributed by atoms with Crippen molar-refractivity contribution >= 4 is 16.7 Å². The molecule has 0 N–H and O–H groups in total. The van der Waals surface area contributed by atoms with Gasteiger partial charge in [0, 0.05) is 0 Å². The van der Waals surface area contributed by atoms with Gasteiger partial charge in [0.05, 0.1) is 17.6 Å². The number of nitrogens with zero attached hydrogens (tertiary/aromatic N) is 4. The van der Waals surface area contributed by atoms with Gasteiger partial charge in [-0.3, -0.25) is 4.40 Å². The minimum Gasteiger partial charge on any atom is -0.475 e. The average Bonchev–Trinajstić information content (AvgIpc) is 3.21. The highest BCUT2D eigenvalue weighted by Gasteiger charge is 2.38. The number of hydrogen-bond acceptors (Lipinski definition) is 4. The quantitative estimate of drug-likeness (QED) is 0.729. The molecule has 2 heterocycles. The normalized spacial score (nSPS) is 16.3. The van der Waals surface area contributed by atoms with E-state index < -0.39 is 12.0 Å². The molecule has 3 aromatic rings. The molecule has 0 spiro atoms. The Bertz CT molecular complexity index is 884. The number of benzene rings is 1. The third-order valence-corrected chi connectivity index (χ3v) is 4.38. The van der Waals surface area contributed by atoms with Crippen LogP contribution >= 0.6 is 0 Å². The van der Waals surface area contributed by atoms with E-state index in [1.54, 1.807) is 24.3 Å². The molecule has 0 amide bonds. The molecule has 0 saturated heterocycles. The van der Waals surface area contributed by atoms with Gasteiger partial charge >= 0.3 is 6.18 Å². The predicted molar refractivity (Wildman–Crippen MR) is 80.7 cm³/mol. The molecule has 8 heteroatoms. The lowest BCUT2D eigenvalue weighted by Gasteiger charge is -2.13. The molecule has 1 aliphatic rings. The maximum atomic E-state index is 13.3. The lowest BCUT2D eigenvalue weighted by atomic mass is 10.1. The summed E-state index contributed by atoms with van der Waals surface area (Å²) in [6.45, 7) is 0.440. The van der Waals surface area contributed by atoms with Gasteiger partial charge in [0.25, 0.3) is 5.88 Å². The van der Waals surface area contributed by atoms with E-state index in [2.05, 4.69) is 15.2 Å². The summed E-state index contributed by atoms with van der Waals surface area (Å²) in [6.07, 6.45) is -0.129. The number of hydrogen-bond donors (Lipinski definition) is 0. The summed E-state index contributed by atoms with van der Waals surface area (Å²) in [6, 6.07) is 6.59. The molecule has 4 rings (SSSR count). The summed E-state index contributed by atoms with van der Waals surface area (Å²) < 4.78 is 46.5. The molecule has 1 aromatic carbocycles. The van der Waals surface area contributed by atoms with Crippen LogP contribution in [0.2, 0.25) is 0 Å². The zero-order valence-electron chi connectivity index (χ0n) is 12.8. The van der Waals surface area contributed by atoms with Crippen molar-refractivity contribution in [3.8, 4) is 5.88 Å². The highest BCUT2D eigenvalue weighted by Crippen LogP contribution is 2.33. The summed E-state index contributed by atoms with van der Waals surface area (Å²) in [7, 11) is 0. The molecule has 1 saturated carbocycles. The molecule has 1 aliphatic carbocycles. The van der Waals surface area contributed by atoms with Crippen LogP contribution in [0.4, 0.5) is 13.2 Å². The number of alkyl halides is 3. The van der Waals surface area contributed by atoms with Gasteiger partial charge in [-0.05, 0) is 30.9 Å². The van der Waals surface area contributed by atoms with Crippen LogP contribution in [0.3, 0.4) is 0 Å². The Balaban J connectivity index is 1.84. The summed E-state index contributed by atoms with van der Waals surface area (Å²) in [4.78, 5) is 4.35. The van der Waals surface area contributed by atoms with Gasteiger partial charge < -0.3 is 4.74 Å². The zero-order chi connectivity index (χ0) is 16.7. The maximum absolute atomic E-state index is 13.3. The molecule has 0 radical (unpaired) electrons. The number of para-hydroxylation sites is 2. The topological polar surface area (TPSA) is 52.3 Å². The van der Waals surface area contributed by atoms with Gasteiger partial charge in [-0.25, -0.2) is 4.98 Å². The van der Waals surface area contributed by atoms with Crippen molar-refractivity contribution < 1.29 is 17.9 Å². The molecule has 0 atom stereocenters. The standard InChI is InChI=1S/C16H15F3N4O/c17-16(18,19)15-22-21-13-14(24-9-10-5-1-2-6-10)20-11-7-3-4-8-12(11)23(13)15/h3-4,7-8,10H,1-2,5-6,9H2. The van der Waals surface area contributed by atoms with Crippen molar-refractivity contribution in [2.45, 2.75) is 31.9 Å². The highest BCUT2D eigenvalue weighted by atomic mass is 19.4. The molecule has 5 nitrogen and oxygen atoms in total. The SMILES string of the molecule is FC(F)(F)c1nnc2c(OCC3CCCC3)nc3ccccc3n12. The summed E-state index contributed by atoms with van der Waals surface area (Å²) in [5, 5.41) is 7.01. The van der Waals surface area contributed by atoms with E-state index in [-0.39, 0.29) is 11.5 Å². The van der Waals surface area contributed by atoms with Gasteiger partial charge in [0.1, 0.15) is 0 Å². The average molecular weight is 336 g/mol. The van der Waals surface area contributed by atoms with Crippen molar-refractivity contribution in [3.05, 3.63) is 30.1 Å². The smallest absolute Gasteiger partial charge is 0.452 e. The fraction of sp³-hybridized carbons (Fsp3) is 0.438. The first kappa shape index (κ1) is 15.2. The second kappa shape index (κ2) is 5.61. The molecule has 126 valence electrons. The van der Waals surface area contributed by atoms with Crippen molar-refractivity contribution in [2.75, 3.05) is 6.61 Å². The first-order chi connectivity index (χ1) is 11.5. The fourth-order valence-electron chi connectivity index (χ4n) is 3.21. The Labute approximate surface area is 135 Å². The highest BCUT2D eigenvalue weighted by molar-refractivity contribution is 5.79. The van der Waals surface area contributed by atoms with Gasteiger partial charge in [-0.1, -0.05) is 25.0 Å². The second-order valence-electron chi connectivity index (χ2n) is 6.05. The van der Waals surface area contributed by atoms with E-state index in [1.807, 2.05) is 0 Å².